The highest BCUT2D eigenvalue weighted by Crippen LogP contribution is 2.34. The zero-order chi connectivity index (χ0) is 28.8. The maximum Gasteiger partial charge on any atom is 0.225 e. The first-order valence-corrected chi connectivity index (χ1v) is 15.8. The molecule has 0 N–H and O–H groups in total. The molecule has 2 aromatic heterocycles. The van der Waals surface area contributed by atoms with Gasteiger partial charge in [0.15, 0.2) is 0 Å². The van der Waals surface area contributed by atoms with E-state index in [4.69, 9.17) is 4.98 Å². The number of hydrogen-bond donors (Lipinski definition) is 0. The number of rotatable bonds is 12. The van der Waals surface area contributed by atoms with Gasteiger partial charge in [0.25, 0.3) is 0 Å². The molecule has 2 aromatic rings. The van der Waals surface area contributed by atoms with E-state index < -0.39 is 0 Å². The molecule has 3 heterocycles. The van der Waals surface area contributed by atoms with Crippen molar-refractivity contribution in [3.8, 4) is 0 Å². The van der Waals surface area contributed by atoms with Crippen molar-refractivity contribution < 1.29 is 9.59 Å². The molecule has 3 aliphatic rings. The lowest BCUT2D eigenvalue weighted by molar-refractivity contribution is -0.138. The Morgan fingerprint density at radius 2 is 1.63 bits per heavy atom. The Bertz CT molecular complexity index is 1140. The first-order valence-electron chi connectivity index (χ1n) is 15.8. The van der Waals surface area contributed by atoms with Crippen LogP contribution in [0.1, 0.15) is 63.3 Å². The Kier molecular flexibility index (Phi) is 9.96. The van der Waals surface area contributed by atoms with Gasteiger partial charge in [-0.2, -0.15) is 5.10 Å². The number of carbonyl (C=O) groups excluding carboxylic acids is 2. The molecule has 1 saturated heterocycles. The summed E-state index contributed by atoms with van der Waals surface area (Å²) >= 11 is 0. The largest absolute Gasteiger partial charge is 0.365 e. The first kappa shape index (κ1) is 29.5. The van der Waals surface area contributed by atoms with E-state index in [1.54, 1.807) is 0 Å². The summed E-state index contributed by atoms with van der Waals surface area (Å²) in [6.07, 6.45) is 12.2. The van der Waals surface area contributed by atoms with Crippen molar-refractivity contribution in [2.45, 2.75) is 64.8 Å². The van der Waals surface area contributed by atoms with Gasteiger partial charge in [-0.3, -0.25) is 19.3 Å². The number of piperazine rings is 1. The average molecular weight is 564 g/mol. The fourth-order valence-corrected chi connectivity index (χ4v) is 6.33. The summed E-state index contributed by atoms with van der Waals surface area (Å²) < 4.78 is 1.96. The summed E-state index contributed by atoms with van der Waals surface area (Å²) in [5.74, 6) is 1.59. The number of anilines is 1. The van der Waals surface area contributed by atoms with Crippen molar-refractivity contribution in [2.75, 3.05) is 64.8 Å². The number of amides is 2. The van der Waals surface area contributed by atoms with Crippen LogP contribution in [0.4, 0.5) is 5.69 Å². The highest BCUT2D eigenvalue weighted by molar-refractivity contribution is 5.81. The Balaban J connectivity index is 1.06. The predicted molar refractivity (Wildman–Crippen MR) is 162 cm³/mol. The Morgan fingerprint density at radius 1 is 0.927 bits per heavy atom. The molecular weight excluding hydrogens is 514 g/mol. The van der Waals surface area contributed by atoms with Gasteiger partial charge in [-0.25, -0.2) is 0 Å². The highest BCUT2D eigenvalue weighted by atomic mass is 16.2. The summed E-state index contributed by atoms with van der Waals surface area (Å²) in [7, 11) is 4.13. The van der Waals surface area contributed by atoms with E-state index in [0.717, 1.165) is 114 Å². The van der Waals surface area contributed by atoms with Gasteiger partial charge in [-0.15, -0.1) is 0 Å². The van der Waals surface area contributed by atoms with Crippen LogP contribution in [0, 0.1) is 17.8 Å². The minimum absolute atomic E-state index is 0.130. The van der Waals surface area contributed by atoms with Crippen LogP contribution >= 0.6 is 0 Å². The molecule has 1 aliphatic heterocycles. The van der Waals surface area contributed by atoms with Crippen LogP contribution in [0.25, 0.3) is 0 Å². The zero-order valence-corrected chi connectivity index (χ0v) is 25.4. The van der Waals surface area contributed by atoms with Crippen LogP contribution in [0.2, 0.25) is 0 Å². The normalized spacial score (nSPS) is 21.4. The lowest BCUT2D eigenvalue weighted by Gasteiger charge is -2.39. The van der Waals surface area contributed by atoms with E-state index in [0.29, 0.717) is 24.3 Å². The topological polar surface area (TPSA) is 77.8 Å². The molecule has 3 fully saturated rings. The molecule has 9 heteroatoms. The lowest BCUT2D eigenvalue weighted by Crippen LogP contribution is -2.51. The van der Waals surface area contributed by atoms with Gasteiger partial charge in [-0.05, 0) is 77.1 Å². The lowest BCUT2D eigenvalue weighted by atomic mass is 9.81. The van der Waals surface area contributed by atoms with Crippen molar-refractivity contribution in [3.05, 3.63) is 42.0 Å². The molecular formula is C32H49N7O2. The molecule has 0 radical (unpaired) electrons. The van der Waals surface area contributed by atoms with Gasteiger partial charge in [0, 0.05) is 69.5 Å². The monoisotopic (exact) mass is 563 g/mol. The number of carbonyl (C=O) groups is 2. The Labute approximate surface area is 245 Å². The van der Waals surface area contributed by atoms with Crippen LogP contribution in [-0.2, 0) is 22.6 Å². The average Bonchev–Trinajstić information content (AvgIpc) is 3.73. The second kappa shape index (κ2) is 13.8. The number of aromatic nitrogens is 3. The summed E-state index contributed by atoms with van der Waals surface area (Å²) in [5, 5.41) is 4.59. The number of likely N-dealkylation sites (N-methyl/N-ethyl adjacent to an activating group) is 1. The van der Waals surface area contributed by atoms with Gasteiger partial charge >= 0.3 is 0 Å². The van der Waals surface area contributed by atoms with Crippen molar-refractivity contribution in [1.82, 2.24) is 29.5 Å². The van der Waals surface area contributed by atoms with Gasteiger partial charge in [0.1, 0.15) is 0 Å². The van der Waals surface area contributed by atoms with Crippen molar-refractivity contribution in [1.29, 1.82) is 0 Å². The highest BCUT2D eigenvalue weighted by Gasteiger charge is 2.36. The quantitative estimate of drug-likeness (QED) is 0.393. The van der Waals surface area contributed by atoms with Gasteiger partial charge in [0.2, 0.25) is 11.8 Å². The molecule has 0 spiro atoms. The molecule has 2 aliphatic carbocycles. The third-order valence-corrected chi connectivity index (χ3v) is 9.00. The molecule has 41 heavy (non-hydrogen) atoms. The second-order valence-corrected chi connectivity index (χ2v) is 12.7. The molecule has 0 atom stereocenters. The van der Waals surface area contributed by atoms with Crippen molar-refractivity contribution >= 4 is 17.5 Å². The number of hydrogen-bond acceptors (Lipinski definition) is 6. The van der Waals surface area contributed by atoms with Crippen molar-refractivity contribution in [2.24, 2.45) is 17.8 Å². The maximum absolute atomic E-state index is 13.4. The van der Waals surface area contributed by atoms with E-state index in [-0.39, 0.29) is 11.8 Å². The molecule has 0 unspecified atom stereocenters. The summed E-state index contributed by atoms with van der Waals surface area (Å²) in [5.41, 5.74) is 3.28. The van der Waals surface area contributed by atoms with Crippen LogP contribution < -0.4 is 4.90 Å². The van der Waals surface area contributed by atoms with Gasteiger partial charge in [0.05, 0.1) is 24.1 Å². The van der Waals surface area contributed by atoms with Crippen LogP contribution in [0.3, 0.4) is 0 Å². The van der Waals surface area contributed by atoms with E-state index in [1.165, 1.54) is 0 Å². The number of pyridine rings is 1. The SMILES string of the molecule is CCCc1cccc(Cn2cc(N3CCN(C(=O)[C@H]4CC[C@H](CN(CCN(C)C)C(=O)C5CC5)CC4)CC3)cn2)n1. The predicted octanol–water partition coefficient (Wildman–Crippen LogP) is 3.53. The molecule has 0 bridgehead atoms. The third-order valence-electron chi connectivity index (χ3n) is 9.00. The standard InChI is InChI=1S/C32H49N7O2/c1-4-6-28-7-5-8-29(34-28)23-39-24-30(21-33-39)36-17-19-37(20-18-36)31(40)26-11-9-25(10-12-26)22-38(16-15-35(2)3)32(41)27-13-14-27/h5,7-8,21,24-27H,4,6,9-20,22-23H2,1-3H3/t25-,26-. The van der Waals surface area contributed by atoms with Crippen molar-refractivity contribution in [3.63, 3.8) is 0 Å². The molecule has 0 aromatic carbocycles. The van der Waals surface area contributed by atoms with Crippen LogP contribution in [-0.4, -0.2) is 101 Å². The Morgan fingerprint density at radius 3 is 2.32 bits per heavy atom. The molecule has 5 rings (SSSR count). The maximum atomic E-state index is 13.4. The minimum atomic E-state index is 0.130. The summed E-state index contributed by atoms with van der Waals surface area (Å²) in [6, 6.07) is 6.23. The summed E-state index contributed by atoms with van der Waals surface area (Å²) in [4.78, 5) is 39.7. The molecule has 9 nitrogen and oxygen atoms in total. The first-order chi connectivity index (χ1) is 19.9. The number of aryl methyl sites for hydroxylation is 1. The number of nitrogens with zero attached hydrogens (tertiary/aromatic N) is 7. The molecule has 2 amide bonds. The zero-order valence-electron chi connectivity index (χ0n) is 25.4. The fourth-order valence-electron chi connectivity index (χ4n) is 6.33. The smallest absolute Gasteiger partial charge is 0.225 e. The minimum Gasteiger partial charge on any atom is -0.365 e. The Hall–Kier alpha value is -2.94. The van der Waals surface area contributed by atoms with Gasteiger partial charge < -0.3 is 19.6 Å². The van der Waals surface area contributed by atoms with Crippen LogP contribution in [0.15, 0.2) is 30.6 Å². The van der Waals surface area contributed by atoms with E-state index in [1.807, 2.05) is 10.9 Å². The van der Waals surface area contributed by atoms with Crippen LogP contribution in [0.5, 0.6) is 0 Å². The van der Waals surface area contributed by atoms with E-state index >= 15 is 0 Å². The third kappa shape index (κ3) is 8.09. The fraction of sp³-hybridized carbons (Fsp3) is 0.688. The van der Waals surface area contributed by atoms with E-state index in [9.17, 15) is 9.59 Å². The summed E-state index contributed by atoms with van der Waals surface area (Å²) in [6.45, 7) is 8.61. The molecule has 2 saturated carbocycles. The second-order valence-electron chi connectivity index (χ2n) is 12.7. The van der Waals surface area contributed by atoms with Gasteiger partial charge in [-0.1, -0.05) is 19.4 Å². The molecule has 224 valence electrons. The van der Waals surface area contributed by atoms with E-state index in [2.05, 4.69) is 70.1 Å².